The maximum Gasteiger partial charge on any atom is 0.365 e. The minimum Gasteiger partial charge on any atom is -0.225 e. The molecule has 0 aliphatic heterocycles. The summed E-state index contributed by atoms with van der Waals surface area (Å²) >= 11 is 0. The van der Waals surface area contributed by atoms with Gasteiger partial charge in [0.2, 0.25) is 0 Å². The van der Waals surface area contributed by atoms with Crippen LogP contribution < -0.4 is 4.90 Å². The second-order valence-corrected chi connectivity index (χ2v) is 2.37. The fourth-order valence-electron chi connectivity index (χ4n) is 0.842. The number of nitrogens with zero attached hydrogens (tertiary/aromatic N) is 1. The molecule has 0 fully saturated rings. The molecule has 0 unspecified atom stereocenters. The Hall–Kier alpha value is -1.15. The van der Waals surface area contributed by atoms with Gasteiger partial charge >= 0.3 is 5.91 Å². The molecule has 0 rings (SSSR count). The highest BCUT2D eigenvalue weighted by molar-refractivity contribution is 5.80. The molecule has 0 bridgehead atoms. The van der Waals surface area contributed by atoms with Crippen molar-refractivity contribution in [3.8, 4) is 0 Å². The van der Waals surface area contributed by atoms with E-state index in [0.29, 0.717) is 19.5 Å². The first-order valence-corrected chi connectivity index (χ1v) is 3.86. The van der Waals surface area contributed by atoms with Gasteiger partial charge in [0.05, 0.1) is 6.42 Å². The van der Waals surface area contributed by atoms with Crippen LogP contribution in [-0.2, 0) is 4.79 Å². The minimum atomic E-state index is 0.0600. The van der Waals surface area contributed by atoms with E-state index in [1.165, 1.54) is 0 Å². The highest BCUT2D eigenvalue weighted by Crippen LogP contribution is 1.91. The average molecular weight is 165 g/mol. The SMILES string of the molecule is C=CCC(=O)[N+](CC=C)CC=C. The smallest absolute Gasteiger partial charge is 0.225 e. The molecule has 12 heavy (non-hydrogen) atoms. The first-order chi connectivity index (χ1) is 5.76. The van der Waals surface area contributed by atoms with E-state index in [9.17, 15) is 4.79 Å². The zero-order valence-corrected chi connectivity index (χ0v) is 7.33. The average Bonchev–Trinajstić information content (AvgIpc) is 2.04. The van der Waals surface area contributed by atoms with Gasteiger partial charge in [0.25, 0.3) is 0 Å². The molecular formula is C10H15NO+. The number of rotatable bonds is 6. The zero-order valence-electron chi connectivity index (χ0n) is 7.33. The van der Waals surface area contributed by atoms with Crippen molar-refractivity contribution in [3.05, 3.63) is 38.0 Å². The molecule has 0 aromatic heterocycles. The molecule has 0 aliphatic rings. The minimum absolute atomic E-state index is 0.0600. The van der Waals surface area contributed by atoms with Gasteiger partial charge in [-0.2, -0.15) is 0 Å². The van der Waals surface area contributed by atoms with Crippen molar-refractivity contribution in [1.29, 1.82) is 0 Å². The Balaban J connectivity index is 4.06. The Morgan fingerprint density at radius 2 is 1.58 bits per heavy atom. The summed E-state index contributed by atoms with van der Waals surface area (Å²) in [7, 11) is 0. The lowest BCUT2D eigenvalue weighted by Crippen LogP contribution is -2.36. The molecule has 0 aromatic carbocycles. The van der Waals surface area contributed by atoms with Crippen LogP contribution in [0.4, 0.5) is 0 Å². The lowest BCUT2D eigenvalue weighted by Gasteiger charge is -2.03. The molecule has 1 radical (unpaired) electrons. The molecule has 65 valence electrons. The summed E-state index contributed by atoms with van der Waals surface area (Å²) in [6, 6.07) is 0. The number of hydrogen-bond acceptors (Lipinski definition) is 1. The third kappa shape index (κ3) is 3.88. The molecule has 0 aliphatic carbocycles. The van der Waals surface area contributed by atoms with Crippen LogP contribution in [0.15, 0.2) is 38.0 Å². The summed E-state index contributed by atoms with van der Waals surface area (Å²) in [5.74, 6) is 0.0600. The van der Waals surface area contributed by atoms with Crippen LogP contribution in [0, 0.1) is 0 Å². The molecule has 0 N–H and O–H groups in total. The van der Waals surface area contributed by atoms with E-state index >= 15 is 0 Å². The molecule has 2 nitrogen and oxygen atoms in total. The summed E-state index contributed by atoms with van der Waals surface area (Å²) in [6.07, 6.45) is 5.37. The van der Waals surface area contributed by atoms with Crippen LogP contribution in [-0.4, -0.2) is 19.0 Å². The predicted octanol–water partition coefficient (Wildman–Crippen LogP) is 1.60. The van der Waals surface area contributed by atoms with Gasteiger partial charge in [0.1, 0.15) is 13.1 Å². The van der Waals surface area contributed by atoms with Gasteiger partial charge in [-0.05, 0) is 12.2 Å². The third-order valence-corrected chi connectivity index (χ3v) is 1.37. The summed E-state index contributed by atoms with van der Waals surface area (Å²) in [5, 5.41) is 0. The second kappa shape index (κ2) is 6.55. The Kier molecular flexibility index (Phi) is 5.93. The Morgan fingerprint density at radius 1 is 1.08 bits per heavy atom. The lowest BCUT2D eigenvalue weighted by atomic mass is 10.3. The number of amides is 1. The molecule has 0 atom stereocenters. The molecular weight excluding hydrogens is 150 g/mol. The topological polar surface area (TPSA) is 23.0 Å². The Labute approximate surface area is 73.9 Å². The van der Waals surface area contributed by atoms with Gasteiger partial charge in [0.15, 0.2) is 0 Å². The van der Waals surface area contributed by atoms with Crippen molar-refractivity contribution in [2.45, 2.75) is 6.42 Å². The highest BCUT2D eigenvalue weighted by Gasteiger charge is 2.20. The largest absolute Gasteiger partial charge is 0.365 e. The fraction of sp³-hybridized carbons (Fsp3) is 0.300. The molecule has 0 saturated carbocycles. The Morgan fingerprint density at radius 3 is 1.92 bits per heavy atom. The first-order valence-electron chi connectivity index (χ1n) is 3.86. The quantitative estimate of drug-likeness (QED) is 0.433. The molecule has 0 heterocycles. The van der Waals surface area contributed by atoms with Crippen molar-refractivity contribution < 1.29 is 4.79 Å². The third-order valence-electron chi connectivity index (χ3n) is 1.37. The lowest BCUT2D eigenvalue weighted by molar-refractivity contribution is -0.124. The van der Waals surface area contributed by atoms with Gasteiger partial charge in [-0.15, -0.1) is 6.58 Å². The molecule has 0 saturated heterocycles. The van der Waals surface area contributed by atoms with Crippen molar-refractivity contribution in [1.82, 2.24) is 4.90 Å². The predicted molar refractivity (Wildman–Crippen MR) is 52.1 cm³/mol. The summed E-state index contributed by atoms with van der Waals surface area (Å²) in [5.41, 5.74) is 0. The second-order valence-electron chi connectivity index (χ2n) is 2.37. The summed E-state index contributed by atoms with van der Waals surface area (Å²) < 4.78 is 0. The molecule has 1 amide bonds. The summed E-state index contributed by atoms with van der Waals surface area (Å²) in [4.78, 5) is 13.0. The van der Waals surface area contributed by atoms with Gasteiger partial charge in [-0.3, -0.25) is 0 Å². The van der Waals surface area contributed by atoms with E-state index < -0.39 is 0 Å². The normalized spacial score (nSPS) is 9.42. The molecule has 0 aromatic rings. The van der Waals surface area contributed by atoms with Crippen LogP contribution in [0.3, 0.4) is 0 Å². The maximum absolute atomic E-state index is 11.3. The van der Waals surface area contributed by atoms with Crippen molar-refractivity contribution in [2.75, 3.05) is 13.1 Å². The van der Waals surface area contributed by atoms with E-state index in [1.54, 1.807) is 23.1 Å². The van der Waals surface area contributed by atoms with Crippen LogP contribution in [0.25, 0.3) is 0 Å². The number of carbonyl (C=O) groups excluding carboxylic acids is 1. The fourth-order valence-corrected chi connectivity index (χ4v) is 0.842. The van der Waals surface area contributed by atoms with E-state index in [1.807, 2.05) is 0 Å². The first kappa shape index (κ1) is 10.8. The monoisotopic (exact) mass is 165 g/mol. The van der Waals surface area contributed by atoms with E-state index in [4.69, 9.17) is 0 Å². The van der Waals surface area contributed by atoms with Gasteiger partial charge in [0, 0.05) is 0 Å². The van der Waals surface area contributed by atoms with E-state index in [0.717, 1.165) is 0 Å². The van der Waals surface area contributed by atoms with Crippen LogP contribution in [0.2, 0.25) is 0 Å². The van der Waals surface area contributed by atoms with Crippen molar-refractivity contribution in [3.63, 3.8) is 0 Å². The molecule has 0 spiro atoms. The number of carbonyl (C=O) groups is 1. The maximum atomic E-state index is 11.3. The van der Waals surface area contributed by atoms with Gasteiger partial charge < -0.3 is 0 Å². The highest BCUT2D eigenvalue weighted by atomic mass is 16.2. The summed E-state index contributed by atoms with van der Waals surface area (Å²) in [6.45, 7) is 11.8. The van der Waals surface area contributed by atoms with E-state index in [-0.39, 0.29) is 5.91 Å². The van der Waals surface area contributed by atoms with Crippen LogP contribution in [0.5, 0.6) is 0 Å². The number of hydrogen-bond donors (Lipinski definition) is 0. The van der Waals surface area contributed by atoms with Gasteiger partial charge in [-0.25, -0.2) is 4.79 Å². The van der Waals surface area contributed by atoms with Crippen molar-refractivity contribution in [2.24, 2.45) is 0 Å². The van der Waals surface area contributed by atoms with E-state index in [2.05, 4.69) is 19.7 Å². The molecule has 2 heteroatoms. The zero-order chi connectivity index (χ0) is 9.40. The standard InChI is InChI=1S/C10H15NO/c1-4-7-10(12)11(8-5-2)9-6-3/h4-6H,1-3,7-9H2/q+1. The van der Waals surface area contributed by atoms with Crippen molar-refractivity contribution >= 4 is 5.91 Å². The Bertz CT molecular complexity index is 174. The van der Waals surface area contributed by atoms with Crippen LogP contribution in [0.1, 0.15) is 6.42 Å². The van der Waals surface area contributed by atoms with Gasteiger partial charge in [-0.1, -0.05) is 24.1 Å². The van der Waals surface area contributed by atoms with Crippen LogP contribution >= 0.6 is 0 Å².